The van der Waals surface area contributed by atoms with Gasteiger partial charge in [-0.25, -0.2) is 4.98 Å². The van der Waals surface area contributed by atoms with Crippen LogP contribution in [0, 0.1) is 13.8 Å². The van der Waals surface area contributed by atoms with Crippen LogP contribution in [0.15, 0.2) is 46.9 Å². The SMILES string of the molecule is COc1cc(C)c(Cl)c(C)c1Cc1ccc(C(=O)NCc2nc3ccccc3[nH]2)o1. The number of furan rings is 1. The van der Waals surface area contributed by atoms with E-state index in [-0.39, 0.29) is 18.2 Å². The van der Waals surface area contributed by atoms with Gasteiger partial charge in [0.05, 0.1) is 24.7 Å². The lowest BCUT2D eigenvalue weighted by molar-refractivity contribution is 0.0920. The molecule has 0 fully saturated rings. The summed E-state index contributed by atoms with van der Waals surface area (Å²) in [6, 6.07) is 13.1. The number of nitrogens with zero attached hydrogens (tertiary/aromatic N) is 1. The Morgan fingerprint density at radius 3 is 2.80 bits per heavy atom. The Labute approximate surface area is 179 Å². The van der Waals surface area contributed by atoms with E-state index < -0.39 is 0 Å². The van der Waals surface area contributed by atoms with Crippen LogP contribution in [0.3, 0.4) is 0 Å². The molecule has 4 rings (SSSR count). The molecule has 0 aliphatic carbocycles. The van der Waals surface area contributed by atoms with E-state index in [1.165, 1.54) is 0 Å². The fourth-order valence-corrected chi connectivity index (χ4v) is 3.64. The highest BCUT2D eigenvalue weighted by Gasteiger charge is 2.17. The standard InChI is InChI=1S/C23H22ClN3O3/c1-13-10-20(29-3)16(14(2)22(13)24)11-15-8-9-19(30-15)23(28)25-12-21-26-17-6-4-5-7-18(17)27-21/h4-10H,11-12H2,1-3H3,(H,25,28)(H,26,27). The van der Waals surface area contributed by atoms with E-state index in [0.29, 0.717) is 23.0 Å². The Hall–Kier alpha value is -3.25. The minimum Gasteiger partial charge on any atom is -0.496 e. The number of imidazole rings is 1. The predicted molar refractivity (Wildman–Crippen MR) is 116 cm³/mol. The Balaban J connectivity index is 1.46. The van der Waals surface area contributed by atoms with Gasteiger partial charge in [-0.05, 0) is 55.3 Å². The van der Waals surface area contributed by atoms with Crippen LogP contribution >= 0.6 is 11.6 Å². The number of carbonyl (C=O) groups excluding carboxylic acids is 1. The Morgan fingerprint density at radius 1 is 1.23 bits per heavy atom. The van der Waals surface area contributed by atoms with Gasteiger partial charge < -0.3 is 19.5 Å². The third-order valence-electron chi connectivity index (χ3n) is 5.08. The molecule has 6 nitrogen and oxygen atoms in total. The lowest BCUT2D eigenvalue weighted by Crippen LogP contribution is -2.22. The number of aromatic nitrogens is 2. The monoisotopic (exact) mass is 423 g/mol. The number of H-pyrrole nitrogens is 1. The van der Waals surface area contributed by atoms with Crippen molar-refractivity contribution in [3.05, 3.63) is 81.5 Å². The molecule has 0 bridgehead atoms. The summed E-state index contributed by atoms with van der Waals surface area (Å²) in [4.78, 5) is 20.1. The maximum atomic E-state index is 12.5. The fourth-order valence-electron chi connectivity index (χ4n) is 3.47. The number of amides is 1. The largest absolute Gasteiger partial charge is 0.496 e. The molecule has 2 N–H and O–H groups in total. The zero-order valence-corrected chi connectivity index (χ0v) is 17.8. The number of hydrogen-bond acceptors (Lipinski definition) is 4. The molecule has 0 atom stereocenters. The highest BCUT2D eigenvalue weighted by atomic mass is 35.5. The number of nitrogens with one attached hydrogen (secondary N) is 2. The number of para-hydroxylation sites is 2. The quantitative estimate of drug-likeness (QED) is 0.459. The third kappa shape index (κ3) is 3.91. The molecular formula is C23H22ClN3O3. The first-order valence-electron chi connectivity index (χ1n) is 9.59. The third-order valence-corrected chi connectivity index (χ3v) is 5.67. The van der Waals surface area contributed by atoms with Gasteiger partial charge in [0.1, 0.15) is 17.3 Å². The van der Waals surface area contributed by atoms with Gasteiger partial charge in [0.25, 0.3) is 5.91 Å². The molecule has 0 saturated carbocycles. The van der Waals surface area contributed by atoms with Crippen molar-refractivity contribution in [2.45, 2.75) is 26.8 Å². The molecule has 4 aromatic rings. The molecule has 0 spiro atoms. The van der Waals surface area contributed by atoms with Crippen LogP contribution < -0.4 is 10.1 Å². The van der Waals surface area contributed by atoms with E-state index in [1.54, 1.807) is 19.2 Å². The van der Waals surface area contributed by atoms with Crippen LogP contribution in [0.25, 0.3) is 11.0 Å². The summed E-state index contributed by atoms with van der Waals surface area (Å²) >= 11 is 6.40. The molecule has 2 heterocycles. The molecule has 1 amide bonds. The van der Waals surface area contributed by atoms with Crippen LogP contribution in [0.5, 0.6) is 5.75 Å². The van der Waals surface area contributed by atoms with Crippen molar-refractivity contribution >= 4 is 28.5 Å². The summed E-state index contributed by atoms with van der Waals surface area (Å²) in [7, 11) is 1.63. The maximum absolute atomic E-state index is 12.5. The summed E-state index contributed by atoms with van der Waals surface area (Å²) in [5.74, 6) is 2.04. The van der Waals surface area contributed by atoms with Gasteiger partial charge in [0.2, 0.25) is 0 Å². The number of ether oxygens (including phenoxy) is 1. The molecular weight excluding hydrogens is 402 g/mol. The number of fused-ring (bicyclic) bond motifs is 1. The lowest BCUT2D eigenvalue weighted by atomic mass is 10.0. The van der Waals surface area contributed by atoms with Crippen molar-refractivity contribution in [3.63, 3.8) is 0 Å². The fraction of sp³-hybridized carbons (Fsp3) is 0.217. The smallest absolute Gasteiger partial charge is 0.287 e. The van der Waals surface area contributed by atoms with Gasteiger partial charge in [0.15, 0.2) is 5.76 Å². The van der Waals surface area contributed by atoms with Gasteiger partial charge >= 0.3 is 0 Å². The van der Waals surface area contributed by atoms with Gasteiger partial charge in [-0.1, -0.05) is 23.7 Å². The van der Waals surface area contributed by atoms with E-state index in [4.69, 9.17) is 20.8 Å². The Bertz CT molecular complexity index is 1190. The number of methoxy groups -OCH3 is 1. The van der Waals surface area contributed by atoms with Gasteiger partial charge in [-0.15, -0.1) is 0 Å². The summed E-state index contributed by atoms with van der Waals surface area (Å²) in [6.45, 7) is 4.18. The molecule has 154 valence electrons. The number of hydrogen-bond donors (Lipinski definition) is 2. The van der Waals surface area contributed by atoms with E-state index in [9.17, 15) is 4.79 Å². The van der Waals surface area contributed by atoms with Gasteiger partial charge in [0, 0.05) is 17.0 Å². The van der Waals surface area contributed by atoms with E-state index in [1.807, 2.05) is 44.2 Å². The molecule has 0 unspecified atom stereocenters. The minimum atomic E-state index is -0.299. The number of carbonyl (C=O) groups is 1. The lowest BCUT2D eigenvalue weighted by Gasteiger charge is -2.14. The number of halogens is 1. The van der Waals surface area contributed by atoms with Crippen molar-refractivity contribution in [1.82, 2.24) is 15.3 Å². The average molecular weight is 424 g/mol. The summed E-state index contributed by atoms with van der Waals surface area (Å²) in [5, 5.41) is 3.54. The van der Waals surface area contributed by atoms with Gasteiger partial charge in [-0.2, -0.15) is 0 Å². The molecule has 2 aromatic carbocycles. The molecule has 0 aliphatic rings. The zero-order chi connectivity index (χ0) is 21.3. The first-order chi connectivity index (χ1) is 14.5. The van der Waals surface area contributed by atoms with Crippen molar-refractivity contribution in [2.75, 3.05) is 7.11 Å². The molecule has 30 heavy (non-hydrogen) atoms. The van der Waals surface area contributed by atoms with Crippen LogP contribution in [-0.2, 0) is 13.0 Å². The predicted octanol–water partition coefficient (Wildman–Crippen LogP) is 4.96. The highest BCUT2D eigenvalue weighted by molar-refractivity contribution is 6.32. The number of aromatic amines is 1. The molecule has 2 aromatic heterocycles. The van der Waals surface area contributed by atoms with Crippen LogP contribution in [0.2, 0.25) is 5.02 Å². The number of benzene rings is 2. The average Bonchev–Trinajstić information content (AvgIpc) is 3.38. The second-order valence-corrected chi connectivity index (χ2v) is 7.52. The highest BCUT2D eigenvalue weighted by Crippen LogP contribution is 2.33. The number of aryl methyl sites for hydroxylation is 1. The maximum Gasteiger partial charge on any atom is 0.287 e. The molecule has 0 radical (unpaired) electrons. The van der Waals surface area contributed by atoms with Crippen molar-refractivity contribution in [3.8, 4) is 5.75 Å². The summed E-state index contributed by atoms with van der Waals surface area (Å²) in [6.07, 6.45) is 0.478. The summed E-state index contributed by atoms with van der Waals surface area (Å²) in [5.41, 5.74) is 4.64. The molecule has 0 aliphatic heterocycles. The minimum absolute atomic E-state index is 0.246. The van der Waals surface area contributed by atoms with Crippen molar-refractivity contribution in [1.29, 1.82) is 0 Å². The second-order valence-electron chi connectivity index (χ2n) is 7.14. The zero-order valence-electron chi connectivity index (χ0n) is 17.0. The van der Waals surface area contributed by atoms with Gasteiger partial charge in [-0.3, -0.25) is 4.79 Å². The van der Waals surface area contributed by atoms with Crippen molar-refractivity contribution in [2.24, 2.45) is 0 Å². The Kier molecular flexibility index (Phi) is 5.50. The first-order valence-corrected chi connectivity index (χ1v) is 9.97. The number of rotatable bonds is 6. The second kappa shape index (κ2) is 8.24. The van der Waals surface area contributed by atoms with Crippen molar-refractivity contribution < 1.29 is 13.9 Å². The van der Waals surface area contributed by atoms with Crippen LogP contribution in [-0.4, -0.2) is 23.0 Å². The topological polar surface area (TPSA) is 80.1 Å². The molecule has 7 heteroatoms. The van der Waals surface area contributed by atoms with E-state index in [0.717, 1.165) is 33.5 Å². The van der Waals surface area contributed by atoms with Crippen LogP contribution in [0.4, 0.5) is 0 Å². The van der Waals surface area contributed by atoms with E-state index >= 15 is 0 Å². The first kappa shape index (κ1) is 20.0. The Morgan fingerprint density at radius 2 is 2.03 bits per heavy atom. The van der Waals surface area contributed by atoms with Crippen LogP contribution in [0.1, 0.15) is 38.8 Å². The molecule has 0 saturated heterocycles. The normalized spacial score (nSPS) is 11.1. The summed E-state index contributed by atoms with van der Waals surface area (Å²) < 4.78 is 11.3. The van der Waals surface area contributed by atoms with E-state index in [2.05, 4.69) is 15.3 Å².